The number of hydrogen-bond acceptors (Lipinski definition) is 5. The largest absolute Gasteiger partial charge is 0.496 e. The van der Waals surface area contributed by atoms with Crippen LogP contribution in [0.1, 0.15) is 31.2 Å². The van der Waals surface area contributed by atoms with Gasteiger partial charge >= 0.3 is 0 Å². The monoisotopic (exact) mass is 432 g/mol. The normalized spacial score (nSPS) is 16.9. The number of nitrogens with zero attached hydrogens (tertiary/aromatic N) is 4. The van der Waals surface area contributed by atoms with Crippen molar-refractivity contribution in [2.45, 2.75) is 32.2 Å². The maximum atomic E-state index is 12.9. The molecule has 0 aromatic heterocycles. The topological polar surface area (TPSA) is 56.3 Å². The number of methoxy groups -OCH3 is 1. The van der Waals surface area contributed by atoms with Gasteiger partial charge in [-0.1, -0.05) is 18.2 Å². The van der Waals surface area contributed by atoms with Crippen molar-refractivity contribution in [1.82, 2.24) is 19.6 Å². The predicted octanol–water partition coefficient (Wildman–Crippen LogP) is 2.17. The first-order valence-electron chi connectivity index (χ1n) is 11.3. The molecule has 0 spiro atoms. The van der Waals surface area contributed by atoms with Crippen LogP contribution in [0.15, 0.2) is 24.3 Å². The van der Waals surface area contributed by atoms with Gasteiger partial charge in [-0.25, -0.2) is 0 Å². The lowest BCUT2D eigenvalue weighted by Gasteiger charge is -2.36. The molecule has 1 aliphatic heterocycles. The second-order valence-electron chi connectivity index (χ2n) is 8.99. The Morgan fingerprint density at radius 3 is 2.45 bits per heavy atom. The highest BCUT2D eigenvalue weighted by molar-refractivity contribution is 5.83. The summed E-state index contributed by atoms with van der Waals surface area (Å²) in [4.78, 5) is 32.9. The zero-order chi connectivity index (χ0) is 22.8. The summed E-state index contributed by atoms with van der Waals surface area (Å²) in [7, 11) is 9.22. The highest BCUT2D eigenvalue weighted by atomic mass is 16.5. The van der Waals surface area contributed by atoms with Crippen LogP contribution in [-0.4, -0.2) is 99.4 Å². The number of likely N-dealkylation sites (tertiary alicyclic amines) is 1. The first-order chi connectivity index (χ1) is 14.8. The van der Waals surface area contributed by atoms with Gasteiger partial charge in [-0.3, -0.25) is 14.5 Å². The predicted molar refractivity (Wildman–Crippen MR) is 124 cm³/mol. The molecule has 7 nitrogen and oxygen atoms in total. The van der Waals surface area contributed by atoms with Gasteiger partial charge < -0.3 is 19.4 Å². The van der Waals surface area contributed by atoms with Crippen molar-refractivity contribution in [3.8, 4) is 5.75 Å². The molecular weight excluding hydrogens is 392 g/mol. The van der Waals surface area contributed by atoms with E-state index in [-0.39, 0.29) is 24.7 Å². The van der Waals surface area contributed by atoms with Gasteiger partial charge in [0, 0.05) is 65.2 Å². The molecule has 31 heavy (non-hydrogen) atoms. The Morgan fingerprint density at radius 1 is 1.06 bits per heavy atom. The minimum absolute atomic E-state index is 0.00144. The molecule has 2 rings (SSSR count). The van der Waals surface area contributed by atoms with Crippen molar-refractivity contribution in [1.29, 1.82) is 0 Å². The Kier molecular flexibility index (Phi) is 10.3. The standard InChI is InChI=1S/C24H40N4O3/c1-25(2)15-16-28(24(30)13-12-23(29)26(3)4)18-20-9-8-14-27(17-20)19-21-10-6-7-11-22(21)31-5/h6-7,10-11,20H,8-9,12-19H2,1-5H3/t20-/m1/s1. The molecule has 1 fully saturated rings. The smallest absolute Gasteiger partial charge is 0.223 e. The third kappa shape index (κ3) is 8.50. The van der Waals surface area contributed by atoms with Gasteiger partial charge in [-0.2, -0.15) is 0 Å². The van der Waals surface area contributed by atoms with Crippen molar-refractivity contribution in [3.63, 3.8) is 0 Å². The summed E-state index contributed by atoms with van der Waals surface area (Å²) in [6.45, 7) is 5.18. The zero-order valence-corrected chi connectivity index (χ0v) is 20.0. The van der Waals surface area contributed by atoms with Crippen LogP contribution in [0.4, 0.5) is 0 Å². The summed E-state index contributed by atoms with van der Waals surface area (Å²) in [6, 6.07) is 8.18. The van der Waals surface area contributed by atoms with Crippen molar-refractivity contribution in [3.05, 3.63) is 29.8 Å². The fourth-order valence-corrected chi connectivity index (χ4v) is 4.06. The van der Waals surface area contributed by atoms with Crippen molar-refractivity contribution >= 4 is 11.8 Å². The summed E-state index contributed by atoms with van der Waals surface area (Å²) >= 11 is 0. The van der Waals surface area contributed by atoms with Gasteiger partial charge in [0.15, 0.2) is 0 Å². The molecule has 0 aliphatic carbocycles. The molecule has 2 amide bonds. The van der Waals surface area contributed by atoms with Gasteiger partial charge in [-0.15, -0.1) is 0 Å². The average Bonchev–Trinajstić information content (AvgIpc) is 2.75. The van der Waals surface area contributed by atoms with Gasteiger partial charge in [-0.05, 0) is 45.5 Å². The van der Waals surface area contributed by atoms with E-state index in [1.165, 1.54) is 5.56 Å². The molecule has 174 valence electrons. The van der Waals surface area contributed by atoms with E-state index < -0.39 is 0 Å². The minimum atomic E-state index is 0.00144. The Labute approximate surface area is 187 Å². The third-order valence-electron chi connectivity index (χ3n) is 5.89. The molecule has 0 N–H and O–H groups in total. The lowest BCUT2D eigenvalue weighted by atomic mass is 9.96. The summed E-state index contributed by atoms with van der Waals surface area (Å²) in [5.74, 6) is 1.46. The lowest BCUT2D eigenvalue weighted by molar-refractivity contribution is -0.136. The van der Waals surface area contributed by atoms with Crippen molar-refractivity contribution in [2.24, 2.45) is 5.92 Å². The van der Waals surface area contributed by atoms with Gasteiger partial charge in [0.25, 0.3) is 0 Å². The molecule has 1 aromatic carbocycles. The lowest BCUT2D eigenvalue weighted by Crippen LogP contribution is -2.44. The van der Waals surface area contributed by atoms with E-state index in [4.69, 9.17) is 4.74 Å². The number of benzene rings is 1. The second-order valence-corrected chi connectivity index (χ2v) is 8.99. The molecule has 0 unspecified atom stereocenters. The zero-order valence-electron chi connectivity index (χ0n) is 20.0. The fourth-order valence-electron chi connectivity index (χ4n) is 4.06. The summed E-state index contributed by atoms with van der Waals surface area (Å²) < 4.78 is 5.51. The number of para-hydroxylation sites is 1. The van der Waals surface area contributed by atoms with Crippen LogP contribution in [0.3, 0.4) is 0 Å². The Bertz CT molecular complexity index is 708. The molecular formula is C24H40N4O3. The first kappa shape index (κ1) is 25.1. The quantitative estimate of drug-likeness (QED) is 0.536. The summed E-state index contributed by atoms with van der Waals surface area (Å²) in [6.07, 6.45) is 2.82. The molecule has 1 atom stereocenters. The Hall–Kier alpha value is -2.12. The number of carbonyl (C=O) groups is 2. The van der Waals surface area contributed by atoms with Crippen LogP contribution in [-0.2, 0) is 16.1 Å². The van der Waals surface area contributed by atoms with E-state index >= 15 is 0 Å². The van der Waals surface area contributed by atoms with Gasteiger partial charge in [0.05, 0.1) is 7.11 Å². The maximum absolute atomic E-state index is 12.9. The number of ether oxygens (including phenoxy) is 1. The van der Waals surface area contributed by atoms with E-state index in [1.54, 1.807) is 26.1 Å². The number of carbonyl (C=O) groups excluding carboxylic acids is 2. The van der Waals surface area contributed by atoms with E-state index in [2.05, 4.69) is 21.9 Å². The van der Waals surface area contributed by atoms with E-state index in [9.17, 15) is 9.59 Å². The van der Waals surface area contributed by atoms with Crippen LogP contribution < -0.4 is 4.74 Å². The van der Waals surface area contributed by atoms with Crippen LogP contribution in [0.2, 0.25) is 0 Å². The molecule has 1 heterocycles. The van der Waals surface area contributed by atoms with Crippen LogP contribution >= 0.6 is 0 Å². The Balaban J connectivity index is 1.96. The van der Waals surface area contributed by atoms with Crippen LogP contribution in [0.5, 0.6) is 5.75 Å². The molecule has 7 heteroatoms. The van der Waals surface area contributed by atoms with Crippen LogP contribution in [0, 0.1) is 5.92 Å². The van der Waals surface area contributed by atoms with E-state index in [1.807, 2.05) is 31.1 Å². The Morgan fingerprint density at radius 2 is 1.77 bits per heavy atom. The number of likely N-dealkylation sites (N-methyl/N-ethyl adjacent to an activating group) is 1. The SMILES string of the molecule is COc1ccccc1CN1CCC[C@@H](CN(CCN(C)C)C(=O)CCC(=O)N(C)C)C1. The third-order valence-corrected chi connectivity index (χ3v) is 5.89. The summed E-state index contributed by atoms with van der Waals surface area (Å²) in [5, 5.41) is 0. The van der Waals surface area contributed by atoms with Crippen LogP contribution in [0.25, 0.3) is 0 Å². The second kappa shape index (κ2) is 12.7. The fraction of sp³-hybridized carbons (Fsp3) is 0.667. The van der Waals surface area contributed by atoms with Gasteiger partial charge in [0.1, 0.15) is 5.75 Å². The number of rotatable bonds is 11. The van der Waals surface area contributed by atoms with E-state index in [0.717, 1.165) is 51.3 Å². The molecule has 1 aromatic rings. The van der Waals surface area contributed by atoms with Crippen molar-refractivity contribution < 1.29 is 14.3 Å². The van der Waals surface area contributed by atoms with Crippen molar-refractivity contribution in [2.75, 3.05) is 68.0 Å². The summed E-state index contributed by atoms with van der Waals surface area (Å²) in [5.41, 5.74) is 1.20. The minimum Gasteiger partial charge on any atom is -0.496 e. The average molecular weight is 433 g/mol. The van der Waals surface area contributed by atoms with Gasteiger partial charge in [0.2, 0.25) is 11.8 Å². The molecule has 0 saturated carbocycles. The number of hydrogen-bond donors (Lipinski definition) is 0. The highest BCUT2D eigenvalue weighted by Crippen LogP contribution is 2.24. The maximum Gasteiger partial charge on any atom is 0.223 e. The molecule has 1 saturated heterocycles. The molecule has 0 radical (unpaired) electrons. The molecule has 0 bridgehead atoms. The highest BCUT2D eigenvalue weighted by Gasteiger charge is 2.25. The first-order valence-corrected chi connectivity index (χ1v) is 11.3. The van der Waals surface area contributed by atoms with E-state index in [0.29, 0.717) is 12.5 Å². The number of amides is 2. The molecule has 1 aliphatic rings. The number of piperidine rings is 1.